The number of hydrogen-bond acceptors (Lipinski definition) is 5. The quantitative estimate of drug-likeness (QED) is 0.643. The molecular formula is C17H19N3O3S2. The molecule has 1 aliphatic heterocycles. The van der Waals surface area contributed by atoms with E-state index < -0.39 is 15.9 Å². The molecule has 25 heavy (non-hydrogen) atoms. The summed E-state index contributed by atoms with van der Waals surface area (Å²) in [5, 5.41) is 5.90. The van der Waals surface area contributed by atoms with Gasteiger partial charge in [-0.2, -0.15) is 9.41 Å². The second-order valence-electron chi connectivity index (χ2n) is 5.81. The van der Waals surface area contributed by atoms with Crippen LogP contribution >= 0.6 is 11.3 Å². The number of hydrazone groups is 1. The van der Waals surface area contributed by atoms with Gasteiger partial charge in [0, 0.05) is 23.5 Å². The van der Waals surface area contributed by atoms with Crippen molar-refractivity contribution in [2.45, 2.75) is 24.7 Å². The maximum absolute atomic E-state index is 12.6. The van der Waals surface area contributed by atoms with Gasteiger partial charge in [-0.25, -0.2) is 13.8 Å². The molecule has 0 bridgehead atoms. The lowest BCUT2D eigenvalue weighted by molar-refractivity contribution is 0.0955. The molecule has 0 saturated carbocycles. The zero-order chi connectivity index (χ0) is 17.9. The minimum Gasteiger partial charge on any atom is -0.267 e. The first kappa shape index (κ1) is 17.8. The fourth-order valence-electron chi connectivity index (χ4n) is 2.61. The number of rotatable bonds is 5. The Kier molecular flexibility index (Phi) is 5.31. The second kappa shape index (κ2) is 7.47. The Morgan fingerprint density at radius 3 is 2.72 bits per heavy atom. The van der Waals surface area contributed by atoms with E-state index >= 15 is 0 Å². The molecule has 0 atom stereocenters. The third kappa shape index (κ3) is 3.97. The summed E-state index contributed by atoms with van der Waals surface area (Å²) in [5.41, 5.74) is 3.79. The SMILES string of the molecule is Cc1ccsc1/C=N/NC(=O)c1cccc(S(=O)(=O)N2CCCC2)c1. The van der Waals surface area contributed by atoms with Crippen molar-refractivity contribution in [3.05, 3.63) is 51.7 Å². The first-order chi connectivity index (χ1) is 12.0. The normalized spacial score (nSPS) is 15.7. The predicted octanol–water partition coefficient (Wildman–Crippen LogP) is 2.60. The van der Waals surface area contributed by atoms with Crippen LogP contribution in [0.3, 0.4) is 0 Å². The lowest BCUT2D eigenvalue weighted by atomic mass is 10.2. The number of nitrogens with zero attached hydrogens (tertiary/aromatic N) is 2. The van der Waals surface area contributed by atoms with Crippen LogP contribution in [-0.2, 0) is 10.0 Å². The maximum Gasteiger partial charge on any atom is 0.271 e. The van der Waals surface area contributed by atoms with Crippen molar-refractivity contribution in [3.63, 3.8) is 0 Å². The zero-order valence-corrected chi connectivity index (χ0v) is 15.4. The van der Waals surface area contributed by atoms with Gasteiger partial charge in [0.1, 0.15) is 0 Å². The average Bonchev–Trinajstić information content (AvgIpc) is 3.27. The van der Waals surface area contributed by atoms with E-state index in [9.17, 15) is 13.2 Å². The molecule has 1 amide bonds. The van der Waals surface area contributed by atoms with Gasteiger partial charge in [-0.05, 0) is 55.0 Å². The number of aryl methyl sites for hydroxylation is 1. The zero-order valence-electron chi connectivity index (χ0n) is 13.8. The fourth-order valence-corrected chi connectivity index (χ4v) is 4.96. The molecule has 1 fully saturated rings. The molecular weight excluding hydrogens is 358 g/mol. The van der Waals surface area contributed by atoms with Gasteiger partial charge < -0.3 is 0 Å². The van der Waals surface area contributed by atoms with Crippen molar-refractivity contribution < 1.29 is 13.2 Å². The van der Waals surface area contributed by atoms with Crippen LogP contribution in [0, 0.1) is 6.92 Å². The lowest BCUT2D eigenvalue weighted by Gasteiger charge is -2.15. The average molecular weight is 377 g/mol. The van der Waals surface area contributed by atoms with Crippen LogP contribution in [0.5, 0.6) is 0 Å². The molecule has 6 nitrogen and oxygen atoms in total. The molecule has 0 aliphatic carbocycles. The number of carbonyl (C=O) groups is 1. The molecule has 132 valence electrons. The maximum atomic E-state index is 12.6. The molecule has 1 aliphatic rings. The van der Waals surface area contributed by atoms with Crippen molar-refractivity contribution in [1.29, 1.82) is 0 Å². The highest BCUT2D eigenvalue weighted by atomic mass is 32.2. The van der Waals surface area contributed by atoms with Crippen LogP contribution in [0.4, 0.5) is 0 Å². The van der Waals surface area contributed by atoms with Crippen LogP contribution in [-0.4, -0.2) is 37.9 Å². The van der Waals surface area contributed by atoms with Gasteiger partial charge in [0.2, 0.25) is 10.0 Å². The van der Waals surface area contributed by atoms with Crippen LogP contribution in [0.2, 0.25) is 0 Å². The highest BCUT2D eigenvalue weighted by Gasteiger charge is 2.27. The summed E-state index contributed by atoms with van der Waals surface area (Å²) in [5.74, 6) is -0.441. The third-order valence-electron chi connectivity index (χ3n) is 4.05. The Morgan fingerprint density at radius 2 is 2.04 bits per heavy atom. The highest BCUT2D eigenvalue weighted by Crippen LogP contribution is 2.21. The molecule has 8 heteroatoms. The Labute approximate surface area is 151 Å². The number of sulfonamides is 1. The van der Waals surface area contributed by atoms with Gasteiger partial charge in [-0.3, -0.25) is 4.79 Å². The minimum atomic E-state index is -3.54. The predicted molar refractivity (Wildman–Crippen MR) is 98.6 cm³/mol. The van der Waals surface area contributed by atoms with E-state index in [0.717, 1.165) is 23.3 Å². The number of carbonyl (C=O) groups excluding carboxylic acids is 1. The molecule has 0 radical (unpaired) electrons. The summed E-state index contributed by atoms with van der Waals surface area (Å²) < 4.78 is 26.6. The summed E-state index contributed by atoms with van der Waals surface area (Å²) in [6.45, 7) is 3.03. The van der Waals surface area contributed by atoms with E-state index in [2.05, 4.69) is 10.5 Å². The van der Waals surface area contributed by atoms with Crippen LogP contribution in [0.25, 0.3) is 0 Å². The van der Waals surface area contributed by atoms with Gasteiger partial charge >= 0.3 is 0 Å². The van der Waals surface area contributed by atoms with E-state index in [1.165, 1.54) is 27.8 Å². The third-order valence-corrected chi connectivity index (χ3v) is 6.90. The molecule has 1 aromatic carbocycles. The molecule has 0 spiro atoms. The molecule has 2 aromatic rings. The van der Waals surface area contributed by atoms with Crippen molar-refractivity contribution in [3.8, 4) is 0 Å². The minimum absolute atomic E-state index is 0.139. The van der Waals surface area contributed by atoms with Gasteiger partial charge in [-0.1, -0.05) is 6.07 Å². The van der Waals surface area contributed by atoms with Gasteiger partial charge in [0.05, 0.1) is 11.1 Å². The topological polar surface area (TPSA) is 78.8 Å². The molecule has 1 saturated heterocycles. The van der Waals surface area contributed by atoms with E-state index in [4.69, 9.17) is 0 Å². The molecule has 1 N–H and O–H groups in total. The largest absolute Gasteiger partial charge is 0.271 e. The van der Waals surface area contributed by atoms with Crippen molar-refractivity contribution in [2.75, 3.05) is 13.1 Å². The lowest BCUT2D eigenvalue weighted by Crippen LogP contribution is -2.28. The summed E-state index contributed by atoms with van der Waals surface area (Å²) in [7, 11) is -3.54. The first-order valence-corrected chi connectivity index (χ1v) is 10.3. The Balaban J connectivity index is 1.73. The highest BCUT2D eigenvalue weighted by molar-refractivity contribution is 7.89. The second-order valence-corrected chi connectivity index (χ2v) is 8.69. The van der Waals surface area contributed by atoms with Crippen molar-refractivity contribution in [2.24, 2.45) is 5.10 Å². The summed E-state index contributed by atoms with van der Waals surface area (Å²) in [4.78, 5) is 13.3. The van der Waals surface area contributed by atoms with Gasteiger partial charge in [-0.15, -0.1) is 11.3 Å². The molecule has 0 unspecified atom stereocenters. The Bertz CT molecular complexity index is 897. The van der Waals surface area contributed by atoms with E-state index in [0.29, 0.717) is 13.1 Å². The molecule has 3 rings (SSSR count). The van der Waals surface area contributed by atoms with Crippen molar-refractivity contribution >= 4 is 33.5 Å². The fraction of sp³-hybridized carbons (Fsp3) is 0.294. The summed E-state index contributed by atoms with van der Waals surface area (Å²) >= 11 is 1.53. The monoisotopic (exact) mass is 377 g/mol. The van der Waals surface area contributed by atoms with E-state index in [1.807, 2.05) is 18.4 Å². The molecule has 1 aromatic heterocycles. The number of nitrogens with one attached hydrogen (secondary N) is 1. The molecule has 2 heterocycles. The summed E-state index contributed by atoms with van der Waals surface area (Å²) in [6.07, 6.45) is 3.33. The van der Waals surface area contributed by atoms with Gasteiger partial charge in [0.15, 0.2) is 0 Å². The summed E-state index contributed by atoms with van der Waals surface area (Å²) in [6, 6.07) is 8.04. The van der Waals surface area contributed by atoms with Crippen LogP contribution in [0.15, 0.2) is 45.7 Å². The number of hydrogen-bond donors (Lipinski definition) is 1. The van der Waals surface area contributed by atoms with Gasteiger partial charge in [0.25, 0.3) is 5.91 Å². The van der Waals surface area contributed by atoms with E-state index in [1.54, 1.807) is 18.3 Å². The van der Waals surface area contributed by atoms with Crippen molar-refractivity contribution in [1.82, 2.24) is 9.73 Å². The number of benzene rings is 1. The Morgan fingerprint density at radius 1 is 1.28 bits per heavy atom. The van der Waals surface area contributed by atoms with E-state index in [-0.39, 0.29) is 10.5 Å². The number of amides is 1. The van der Waals surface area contributed by atoms with Crippen LogP contribution in [0.1, 0.15) is 33.6 Å². The first-order valence-electron chi connectivity index (χ1n) is 7.96. The standard InChI is InChI=1S/C17H19N3O3S2/c1-13-7-10-24-16(13)12-18-19-17(21)14-5-4-6-15(11-14)25(22,23)20-8-2-3-9-20/h4-7,10-12H,2-3,8-9H2,1H3,(H,19,21)/b18-12+. The van der Waals surface area contributed by atoms with Crippen LogP contribution < -0.4 is 5.43 Å². The Hall–Kier alpha value is -2.03. The number of thiophene rings is 1. The smallest absolute Gasteiger partial charge is 0.267 e.